The minimum absolute atomic E-state index is 1.00. The average Bonchev–Trinajstić information content (AvgIpc) is 2.31. The van der Waals surface area contributed by atoms with Crippen molar-refractivity contribution in [2.75, 3.05) is 13.6 Å². The Morgan fingerprint density at radius 2 is 2.50 bits per heavy atom. The number of H-pyrrole nitrogens is 1. The van der Waals surface area contributed by atoms with E-state index in [9.17, 15) is 0 Å². The fraction of sp³-hybridized carbons (Fsp3) is 0.571. The van der Waals surface area contributed by atoms with Gasteiger partial charge in [-0.05, 0) is 19.5 Å². The second-order valence-electron chi connectivity index (χ2n) is 2.39. The lowest BCUT2D eigenvalue weighted by molar-refractivity contribution is 0.769. The first kappa shape index (κ1) is 7.28. The Bertz CT molecular complexity index is 192. The van der Waals surface area contributed by atoms with Crippen LogP contribution >= 0.6 is 0 Å². The van der Waals surface area contributed by atoms with Crippen LogP contribution in [0.5, 0.6) is 0 Å². The van der Waals surface area contributed by atoms with E-state index in [1.807, 2.05) is 13.2 Å². The topological polar surface area (TPSA) is 40.7 Å². The first-order valence-electron chi connectivity index (χ1n) is 3.48. The van der Waals surface area contributed by atoms with Gasteiger partial charge in [-0.2, -0.15) is 5.10 Å². The van der Waals surface area contributed by atoms with E-state index in [1.54, 1.807) is 0 Å². The zero-order valence-electron chi connectivity index (χ0n) is 6.44. The van der Waals surface area contributed by atoms with Crippen molar-refractivity contribution in [3.05, 3.63) is 17.5 Å². The molecule has 0 aliphatic rings. The number of hydrogen-bond donors (Lipinski definition) is 2. The summed E-state index contributed by atoms with van der Waals surface area (Å²) in [5.41, 5.74) is 2.48. The van der Waals surface area contributed by atoms with Gasteiger partial charge in [0.1, 0.15) is 0 Å². The zero-order chi connectivity index (χ0) is 7.40. The predicted molar refractivity (Wildman–Crippen MR) is 41.0 cm³/mol. The van der Waals surface area contributed by atoms with Gasteiger partial charge in [0.2, 0.25) is 0 Å². The molecule has 0 radical (unpaired) electrons. The third-order valence-electron chi connectivity index (χ3n) is 1.56. The van der Waals surface area contributed by atoms with Crippen LogP contribution in [-0.2, 0) is 6.42 Å². The second kappa shape index (κ2) is 3.37. The average molecular weight is 139 g/mol. The Morgan fingerprint density at radius 3 is 3.00 bits per heavy atom. The summed E-state index contributed by atoms with van der Waals surface area (Å²) >= 11 is 0. The number of hydrogen-bond acceptors (Lipinski definition) is 2. The van der Waals surface area contributed by atoms with Crippen LogP contribution in [0.25, 0.3) is 0 Å². The lowest BCUT2D eigenvalue weighted by Crippen LogP contribution is -2.10. The van der Waals surface area contributed by atoms with Crippen LogP contribution in [0, 0.1) is 6.92 Å². The maximum Gasteiger partial charge on any atom is 0.0519 e. The molecule has 56 valence electrons. The highest BCUT2D eigenvalue weighted by atomic mass is 15.1. The van der Waals surface area contributed by atoms with Gasteiger partial charge >= 0.3 is 0 Å². The van der Waals surface area contributed by atoms with Crippen LogP contribution in [0.1, 0.15) is 11.3 Å². The van der Waals surface area contributed by atoms with Gasteiger partial charge in [-0.3, -0.25) is 5.10 Å². The number of nitrogens with one attached hydrogen (secondary N) is 2. The highest BCUT2D eigenvalue weighted by Crippen LogP contribution is 2.01. The molecular formula is C7H13N3. The van der Waals surface area contributed by atoms with Gasteiger partial charge in [0.05, 0.1) is 6.20 Å². The van der Waals surface area contributed by atoms with E-state index in [-0.39, 0.29) is 0 Å². The maximum absolute atomic E-state index is 3.92. The lowest BCUT2D eigenvalue weighted by Gasteiger charge is -1.96. The molecule has 0 aliphatic carbocycles. The monoisotopic (exact) mass is 139 g/mol. The third-order valence-corrected chi connectivity index (χ3v) is 1.56. The molecule has 1 aromatic rings. The molecule has 3 nitrogen and oxygen atoms in total. The first-order chi connectivity index (χ1) is 4.84. The van der Waals surface area contributed by atoms with E-state index in [1.165, 1.54) is 11.3 Å². The summed E-state index contributed by atoms with van der Waals surface area (Å²) in [5.74, 6) is 0. The van der Waals surface area contributed by atoms with Crippen molar-refractivity contribution in [3.8, 4) is 0 Å². The molecule has 0 atom stereocenters. The van der Waals surface area contributed by atoms with Crippen LogP contribution in [0.2, 0.25) is 0 Å². The number of rotatable bonds is 3. The lowest BCUT2D eigenvalue weighted by atomic mass is 10.2. The SMILES string of the molecule is CNCCc1[nH]ncc1C. The zero-order valence-corrected chi connectivity index (χ0v) is 6.44. The van der Waals surface area contributed by atoms with Crippen LogP contribution in [0.15, 0.2) is 6.20 Å². The van der Waals surface area contributed by atoms with E-state index in [0.717, 1.165) is 13.0 Å². The normalized spacial score (nSPS) is 10.2. The van der Waals surface area contributed by atoms with E-state index < -0.39 is 0 Å². The van der Waals surface area contributed by atoms with E-state index in [0.29, 0.717) is 0 Å². The summed E-state index contributed by atoms with van der Waals surface area (Å²) in [6.07, 6.45) is 2.88. The Balaban J connectivity index is 2.49. The molecule has 0 aromatic carbocycles. The molecule has 0 saturated carbocycles. The van der Waals surface area contributed by atoms with Crippen LogP contribution in [0.3, 0.4) is 0 Å². The highest BCUT2D eigenvalue weighted by Gasteiger charge is 1.96. The molecule has 0 aliphatic heterocycles. The van der Waals surface area contributed by atoms with Crippen molar-refractivity contribution in [2.45, 2.75) is 13.3 Å². The molecule has 3 heteroatoms. The Morgan fingerprint density at radius 1 is 1.70 bits per heavy atom. The molecule has 0 bridgehead atoms. The fourth-order valence-electron chi connectivity index (χ4n) is 0.876. The number of aryl methyl sites for hydroxylation is 1. The quantitative estimate of drug-likeness (QED) is 0.639. The molecule has 2 N–H and O–H groups in total. The highest BCUT2D eigenvalue weighted by molar-refractivity contribution is 5.13. The maximum atomic E-state index is 3.92. The largest absolute Gasteiger partial charge is 0.319 e. The van der Waals surface area contributed by atoms with Crippen molar-refractivity contribution in [1.82, 2.24) is 15.5 Å². The van der Waals surface area contributed by atoms with E-state index in [2.05, 4.69) is 22.4 Å². The first-order valence-corrected chi connectivity index (χ1v) is 3.48. The Hall–Kier alpha value is -0.830. The number of aromatic amines is 1. The summed E-state index contributed by atoms with van der Waals surface area (Å²) in [4.78, 5) is 0. The van der Waals surface area contributed by atoms with Crippen molar-refractivity contribution in [1.29, 1.82) is 0 Å². The summed E-state index contributed by atoms with van der Waals surface area (Å²) in [7, 11) is 1.95. The van der Waals surface area contributed by atoms with Crippen LogP contribution < -0.4 is 5.32 Å². The number of aromatic nitrogens is 2. The standard InChI is InChI=1S/C7H13N3/c1-6-5-9-10-7(6)3-4-8-2/h5,8H,3-4H2,1-2H3,(H,9,10). The molecule has 0 spiro atoms. The fourth-order valence-corrected chi connectivity index (χ4v) is 0.876. The Labute approximate surface area is 60.8 Å². The molecule has 1 rings (SSSR count). The predicted octanol–water partition coefficient (Wildman–Crippen LogP) is 0.480. The Kier molecular flexibility index (Phi) is 2.45. The van der Waals surface area contributed by atoms with Crippen molar-refractivity contribution in [3.63, 3.8) is 0 Å². The molecule has 10 heavy (non-hydrogen) atoms. The summed E-state index contributed by atoms with van der Waals surface area (Å²) < 4.78 is 0. The van der Waals surface area contributed by atoms with Gasteiger partial charge in [-0.15, -0.1) is 0 Å². The van der Waals surface area contributed by atoms with E-state index in [4.69, 9.17) is 0 Å². The van der Waals surface area contributed by atoms with Crippen LogP contribution in [0.4, 0.5) is 0 Å². The third kappa shape index (κ3) is 1.57. The minimum atomic E-state index is 1.00. The summed E-state index contributed by atoms with van der Waals surface area (Å²) in [5, 5.41) is 9.96. The smallest absolute Gasteiger partial charge is 0.0519 e. The van der Waals surface area contributed by atoms with Gasteiger partial charge in [-0.1, -0.05) is 0 Å². The van der Waals surface area contributed by atoms with Gasteiger partial charge in [0, 0.05) is 18.7 Å². The molecular weight excluding hydrogens is 126 g/mol. The van der Waals surface area contributed by atoms with Crippen LogP contribution in [-0.4, -0.2) is 23.8 Å². The molecule has 0 amide bonds. The van der Waals surface area contributed by atoms with Gasteiger partial charge in [0.15, 0.2) is 0 Å². The minimum Gasteiger partial charge on any atom is -0.319 e. The number of nitrogens with zero attached hydrogens (tertiary/aromatic N) is 1. The second-order valence-corrected chi connectivity index (χ2v) is 2.39. The molecule has 1 heterocycles. The molecule has 0 unspecified atom stereocenters. The summed E-state index contributed by atoms with van der Waals surface area (Å²) in [6, 6.07) is 0. The van der Waals surface area contributed by atoms with Crippen molar-refractivity contribution < 1.29 is 0 Å². The van der Waals surface area contributed by atoms with E-state index >= 15 is 0 Å². The van der Waals surface area contributed by atoms with Gasteiger partial charge in [-0.25, -0.2) is 0 Å². The molecule has 0 fully saturated rings. The molecule has 1 aromatic heterocycles. The number of likely N-dealkylation sites (N-methyl/N-ethyl adjacent to an activating group) is 1. The van der Waals surface area contributed by atoms with Crippen molar-refractivity contribution in [2.24, 2.45) is 0 Å². The van der Waals surface area contributed by atoms with Crippen molar-refractivity contribution >= 4 is 0 Å². The summed E-state index contributed by atoms with van der Waals surface area (Å²) in [6.45, 7) is 3.07. The van der Waals surface area contributed by atoms with Gasteiger partial charge < -0.3 is 5.32 Å². The van der Waals surface area contributed by atoms with Gasteiger partial charge in [0.25, 0.3) is 0 Å². The molecule has 0 saturated heterocycles.